The van der Waals surface area contributed by atoms with Gasteiger partial charge in [-0.25, -0.2) is 4.39 Å². The molecule has 0 saturated heterocycles. The molecular formula is C19H18F3NO2. The Balaban J connectivity index is 1.57. The van der Waals surface area contributed by atoms with Crippen molar-refractivity contribution in [2.45, 2.75) is 31.9 Å². The maximum Gasteiger partial charge on any atom is 0.387 e. The predicted molar refractivity (Wildman–Crippen MR) is 86.9 cm³/mol. The first-order chi connectivity index (χ1) is 12.0. The Hall–Kier alpha value is -2.50. The van der Waals surface area contributed by atoms with Crippen LogP contribution in [0.5, 0.6) is 5.75 Å². The lowest BCUT2D eigenvalue weighted by Crippen LogP contribution is -2.28. The Bertz CT molecular complexity index is 749. The van der Waals surface area contributed by atoms with E-state index < -0.39 is 6.61 Å². The zero-order chi connectivity index (χ0) is 18.0. The van der Waals surface area contributed by atoms with Crippen molar-refractivity contribution in [1.29, 1.82) is 0 Å². The van der Waals surface area contributed by atoms with Gasteiger partial charge < -0.3 is 10.1 Å². The van der Waals surface area contributed by atoms with E-state index in [1.54, 1.807) is 37.3 Å². The lowest BCUT2D eigenvalue weighted by molar-refractivity contribution is -0.123. The second-order valence-electron chi connectivity index (χ2n) is 6.15. The lowest BCUT2D eigenvalue weighted by Gasteiger charge is -2.15. The van der Waals surface area contributed by atoms with Gasteiger partial charge in [0.1, 0.15) is 11.6 Å². The Morgan fingerprint density at radius 2 is 1.84 bits per heavy atom. The summed E-state index contributed by atoms with van der Waals surface area (Å²) in [7, 11) is 0. The van der Waals surface area contributed by atoms with Crippen molar-refractivity contribution in [3.8, 4) is 5.75 Å². The van der Waals surface area contributed by atoms with E-state index in [-0.39, 0.29) is 35.4 Å². The summed E-state index contributed by atoms with van der Waals surface area (Å²) in [5, 5.41) is 2.89. The number of carbonyl (C=O) groups excluding carboxylic acids is 1. The minimum atomic E-state index is -2.87. The predicted octanol–water partition coefficient (Wildman–Crippen LogP) is 4.41. The Labute approximate surface area is 143 Å². The normalized spacial score (nSPS) is 20.2. The summed E-state index contributed by atoms with van der Waals surface area (Å²) < 4.78 is 42.4. The van der Waals surface area contributed by atoms with Crippen molar-refractivity contribution in [3.05, 3.63) is 65.5 Å². The molecule has 1 fully saturated rings. The van der Waals surface area contributed by atoms with E-state index >= 15 is 0 Å². The fraction of sp³-hybridized carbons (Fsp3) is 0.316. The van der Waals surface area contributed by atoms with Crippen LogP contribution in [0.4, 0.5) is 13.2 Å². The van der Waals surface area contributed by atoms with Crippen LogP contribution in [0.1, 0.15) is 36.4 Å². The fourth-order valence-corrected chi connectivity index (χ4v) is 2.95. The molecule has 25 heavy (non-hydrogen) atoms. The number of rotatable bonds is 6. The summed E-state index contributed by atoms with van der Waals surface area (Å²) in [6.07, 6.45) is 0.626. The van der Waals surface area contributed by atoms with Crippen LogP contribution in [0.15, 0.2) is 48.5 Å². The maximum atomic E-state index is 13.8. The van der Waals surface area contributed by atoms with Gasteiger partial charge >= 0.3 is 6.61 Å². The van der Waals surface area contributed by atoms with Crippen LogP contribution in [0.3, 0.4) is 0 Å². The molecule has 1 saturated carbocycles. The second kappa shape index (κ2) is 7.17. The van der Waals surface area contributed by atoms with Gasteiger partial charge in [-0.15, -0.1) is 0 Å². The largest absolute Gasteiger partial charge is 0.435 e. The molecule has 0 aliphatic heterocycles. The molecule has 3 unspecified atom stereocenters. The molecule has 0 spiro atoms. The molecule has 1 aliphatic carbocycles. The van der Waals surface area contributed by atoms with E-state index in [1.165, 1.54) is 18.2 Å². The third-order valence-corrected chi connectivity index (χ3v) is 4.40. The van der Waals surface area contributed by atoms with Gasteiger partial charge in [0, 0.05) is 5.92 Å². The first-order valence-corrected chi connectivity index (χ1v) is 8.05. The van der Waals surface area contributed by atoms with Crippen molar-refractivity contribution < 1.29 is 22.7 Å². The molecule has 6 heteroatoms. The van der Waals surface area contributed by atoms with Crippen LogP contribution in [0, 0.1) is 11.7 Å². The van der Waals surface area contributed by atoms with Gasteiger partial charge in [0.05, 0.1) is 6.04 Å². The number of amides is 1. The number of hydrogen-bond donors (Lipinski definition) is 1. The van der Waals surface area contributed by atoms with Gasteiger partial charge in [-0.05, 0) is 48.6 Å². The van der Waals surface area contributed by atoms with E-state index in [0.29, 0.717) is 12.0 Å². The topological polar surface area (TPSA) is 38.3 Å². The van der Waals surface area contributed by atoms with Crippen LogP contribution in [-0.4, -0.2) is 12.5 Å². The van der Waals surface area contributed by atoms with Gasteiger partial charge in [0.2, 0.25) is 5.91 Å². The minimum absolute atomic E-state index is 0.0686. The Morgan fingerprint density at radius 1 is 1.16 bits per heavy atom. The SMILES string of the molecule is CC(NC(=O)C1CC1c1ccccc1F)c1ccc(OC(F)F)cc1. The summed E-state index contributed by atoms with van der Waals surface area (Å²) in [5.74, 6) is -0.672. The van der Waals surface area contributed by atoms with Crippen molar-refractivity contribution in [3.63, 3.8) is 0 Å². The van der Waals surface area contributed by atoms with Gasteiger partial charge in [-0.3, -0.25) is 4.79 Å². The number of ether oxygens (including phenoxy) is 1. The number of carbonyl (C=O) groups is 1. The molecule has 3 nitrogen and oxygen atoms in total. The molecule has 1 N–H and O–H groups in total. The quantitative estimate of drug-likeness (QED) is 0.839. The van der Waals surface area contributed by atoms with Gasteiger partial charge in [0.15, 0.2) is 0 Å². The van der Waals surface area contributed by atoms with Gasteiger partial charge in [-0.1, -0.05) is 30.3 Å². The molecule has 3 atom stereocenters. The van der Waals surface area contributed by atoms with Crippen molar-refractivity contribution in [1.82, 2.24) is 5.32 Å². The monoisotopic (exact) mass is 349 g/mol. The number of nitrogens with one attached hydrogen (secondary N) is 1. The molecule has 2 aromatic carbocycles. The molecule has 1 amide bonds. The Kier molecular flexibility index (Phi) is 4.97. The Morgan fingerprint density at radius 3 is 2.48 bits per heavy atom. The molecule has 0 radical (unpaired) electrons. The molecule has 0 heterocycles. The zero-order valence-electron chi connectivity index (χ0n) is 13.6. The molecule has 0 bridgehead atoms. The number of hydrogen-bond acceptors (Lipinski definition) is 2. The molecule has 3 rings (SSSR count). The summed E-state index contributed by atoms with van der Waals surface area (Å²) in [5.41, 5.74) is 1.35. The fourth-order valence-electron chi connectivity index (χ4n) is 2.95. The molecule has 0 aromatic heterocycles. The van der Waals surface area contributed by atoms with Crippen LogP contribution in [0.25, 0.3) is 0 Å². The van der Waals surface area contributed by atoms with Crippen LogP contribution in [-0.2, 0) is 4.79 Å². The standard InChI is InChI=1S/C19H18F3NO2/c1-11(12-6-8-13(9-7-12)25-19(21)22)23-18(24)16-10-15(16)14-4-2-3-5-17(14)20/h2-9,11,15-16,19H,10H2,1H3,(H,23,24). The number of benzene rings is 2. The van der Waals surface area contributed by atoms with Crippen molar-refractivity contribution in [2.24, 2.45) is 5.92 Å². The van der Waals surface area contributed by atoms with E-state index in [9.17, 15) is 18.0 Å². The third kappa shape index (κ3) is 4.13. The molecule has 2 aromatic rings. The lowest BCUT2D eigenvalue weighted by atomic mass is 10.1. The van der Waals surface area contributed by atoms with Crippen LogP contribution < -0.4 is 10.1 Å². The van der Waals surface area contributed by atoms with Crippen molar-refractivity contribution in [2.75, 3.05) is 0 Å². The maximum absolute atomic E-state index is 13.8. The van der Waals surface area contributed by atoms with Crippen LogP contribution in [0.2, 0.25) is 0 Å². The number of alkyl halides is 2. The molecular weight excluding hydrogens is 331 g/mol. The first-order valence-electron chi connectivity index (χ1n) is 8.05. The summed E-state index contributed by atoms with van der Waals surface area (Å²) in [4.78, 5) is 12.3. The van der Waals surface area contributed by atoms with E-state index in [2.05, 4.69) is 10.1 Å². The highest BCUT2D eigenvalue weighted by atomic mass is 19.3. The highest BCUT2D eigenvalue weighted by molar-refractivity contribution is 5.83. The summed E-state index contributed by atoms with van der Waals surface area (Å²) >= 11 is 0. The minimum Gasteiger partial charge on any atom is -0.435 e. The van der Waals surface area contributed by atoms with Crippen LogP contribution >= 0.6 is 0 Å². The van der Waals surface area contributed by atoms with E-state index in [4.69, 9.17) is 0 Å². The summed E-state index contributed by atoms with van der Waals surface area (Å²) in [6, 6.07) is 12.3. The molecule has 132 valence electrons. The highest BCUT2D eigenvalue weighted by Gasteiger charge is 2.45. The summed E-state index contributed by atoms with van der Waals surface area (Å²) in [6.45, 7) is -1.06. The first kappa shape index (κ1) is 17.3. The van der Waals surface area contributed by atoms with Gasteiger partial charge in [-0.2, -0.15) is 8.78 Å². The smallest absolute Gasteiger partial charge is 0.387 e. The zero-order valence-corrected chi connectivity index (χ0v) is 13.6. The van der Waals surface area contributed by atoms with E-state index in [1.807, 2.05) is 0 Å². The average molecular weight is 349 g/mol. The second-order valence-corrected chi connectivity index (χ2v) is 6.15. The average Bonchev–Trinajstić information content (AvgIpc) is 3.36. The van der Waals surface area contributed by atoms with Gasteiger partial charge in [0.25, 0.3) is 0 Å². The molecule has 1 aliphatic rings. The third-order valence-electron chi connectivity index (χ3n) is 4.40. The van der Waals surface area contributed by atoms with Crippen molar-refractivity contribution >= 4 is 5.91 Å². The highest BCUT2D eigenvalue weighted by Crippen LogP contribution is 2.48. The number of halogens is 3. The van der Waals surface area contributed by atoms with E-state index in [0.717, 1.165) is 5.56 Å².